The van der Waals surface area contributed by atoms with Gasteiger partial charge in [-0.05, 0) is 75.1 Å². The Hall–Kier alpha value is -2.36. The molecule has 1 aliphatic carbocycles. The molecule has 1 aromatic carbocycles. The van der Waals surface area contributed by atoms with E-state index in [2.05, 4.69) is 37.4 Å². The van der Waals surface area contributed by atoms with E-state index >= 15 is 0 Å². The summed E-state index contributed by atoms with van der Waals surface area (Å²) in [7, 11) is 0. The predicted molar refractivity (Wildman–Crippen MR) is 113 cm³/mol. The summed E-state index contributed by atoms with van der Waals surface area (Å²) in [6.07, 6.45) is 13.1. The normalized spacial score (nSPS) is 16.1. The summed E-state index contributed by atoms with van der Waals surface area (Å²) in [6.45, 7) is 5.84. The number of benzene rings is 1. The average Bonchev–Trinajstić information content (AvgIpc) is 3.49. The summed E-state index contributed by atoms with van der Waals surface area (Å²) in [6, 6.07) is 8.17. The molecule has 2 rings (SSSR count). The fourth-order valence-corrected chi connectivity index (χ4v) is 2.58. The lowest BCUT2D eigenvalue weighted by atomic mass is 10.1. The molecule has 0 unspecified atom stereocenters. The highest BCUT2D eigenvalue weighted by atomic mass is 19.1. The van der Waals surface area contributed by atoms with Crippen LogP contribution in [0.4, 0.5) is 4.39 Å². The first-order valence-corrected chi connectivity index (χ1v) is 9.81. The molecule has 1 fully saturated rings. The Bertz CT molecular complexity index is 698. The van der Waals surface area contributed by atoms with Gasteiger partial charge in [0.25, 0.3) is 0 Å². The molecule has 0 spiro atoms. The lowest BCUT2D eigenvalue weighted by Gasteiger charge is -2.12. The highest BCUT2D eigenvalue weighted by Crippen LogP contribution is 2.24. The van der Waals surface area contributed by atoms with Crippen LogP contribution in [0.25, 0.3) is 5.70 Å². The zero-order chi connectivity index (χ0) is 19.5. The molecule has 0 bridgehead atoms. The van der Waals surface area contributed by atoms with Crippen LogP contribution in [0.5, 0.6) is 5.75 Å². The Morgan fingerprint density at radius 3 is 2.63 bits per heavy atom. The number of alkyl halides is 1. The van der Waals surface area contributed by atoms with E-state index in [9.17, 15) is 4.39 Å². The molecule has 1 N–H and O–H groups in total. The zero-order valence-electron chi connectivity index (χ0n) is 16.7. The van der Waals surface area contributed by atoms with Gasteiger partial charge in [0.15, 0.2) is 0 Å². The molecule has 0 heterocycles. The zero-order valence-corrected chi connectivity index (χ0v) is 16.7. The van der Waals surface area contributed by atoms with E-state index in [1.807, 2.05) is 37.3 Å². The molecular formula is C23H31FN2O. The van der Waals surface area contributed by atoms with E-state index in [1.54, 1.807) is 0 Å². The number of unbranched alkanes of at least 4 members (excludes halogenated alkanes) is 1. The molecule has 1 saturated carbocycles. The van der Waals surface area contributed by atoms with Crippen molar-refractivity contribution < 1.29 is 9.13 Å². The number of nitrogens with one attached hydrogen (secondary N) is 1. The monoisotopic (exact) mass is 370 g/mol. The number of hydrogen-bond acceptors (Lipinski definition) is 3. The molecule has 27 heavy (non-hydrogen) atoms. The van der Waals surface area contributed by atoms with Crippen molar-refractivity contribution in [2.45, 2.75) is 52.5 Å². The quantitative estimate of drug-likeness (QED) is 0.496. The smallest absolute Gasteiger partial charge is 0.123 e. The topological polar surface area (TPSA) is 33.6 Å². The molecule has 1 aliphatic rings. The van der Waals surface area contributed by atoms with E-state index < -0.39 is 6.67 Å². The van der Waals surface area contributed by atoms with Gasteiger partial charge < -0.3 is 10.1 Å². The summed E-state index contributed by atoms with van der Waals surface area (Å²) >= 11 is 0. The first-order valence-electron chi connectivity index (χ1n) is 9.81. The number of aliphatic imine (C=N–C) groups is 1. The van der Waals surface area contributed by atoms with Crippen molar-refractivity contribution in [1.82, 2.24) is 5.32 Å². The Balaban J connectivity index is 2.05. The summed E-state index contributed by atoms with van der Waals surface area (Å²) in [5.74, 6) is 0.680. The molecule has 0 radical (unpaired) electrons. The SMILES string of the molecule is C/C=C(\NC(C)=CC(/C=C\CCC)=NC1CC1)c1ccc(OCCF)cc1. The number of ether oxygens (including phenoxy) is 1. The maximum atomic E-state index is 12.2. The molecule has 0 amide bonds. The van der Waals surface area contributed by atoms with E-state index in [4.69, 9.17) is 9.73 Å². The van der Waals surface area contributed by atoms with Crippen molar-refractivity contribution in [2.24, 2.45) is 4.99 Å². The molecule has 3 nitrogen and oxygen atoms in total. The molecule has 0 atom stereocenters. The maximum absolute atomic E-state index is 12.2. The Labute approximate surface area is 162 Å². The van der Waals surface area contributed by atoms with Crippen molar-refractivity contribution in [3.8, 4) is 5.75 Å². The number of rotatable bonds is 11. The molecule has 146 valence electrons. The van der Waals surface area contributed by atoms with Gasteiger partial charge in [0.2, 0.25) is 0 Å². The van der Waals surface area contributed by atoms with Crippen LogP contribution in [0.2, 0.25) is 0 Å². The standard InChI is InChI=1S/C23H31FN2O/c1-4-6-7-8-21(26-20-11-12-20)17-18(3)25-23(5-2)19-9-13-22(14-10-19)27-16-15-24/h5,7-10,13-14,17,20,25H,4,6,11-12,15-16H2,1-3H3/b8-7-,18-17?,23-5-,26-21?. The minimum absolute atomic E-state index is 0.0879. The van der Waals surface area contributed by atoms with E-state index in [0.717, 1.165) is 35.5 Å². The molecule has 0 saturated heterocycles. The Morgan fingerprint density at radius 1 is 1.30 bits per heavy atom. The average molecular weight is 371 g/mol. The third kappa shape index (κ3) is 7.81. The van der Waals surface area contributed by atoms with E-state index in [1.165, 1.54) is 12.8 Å². The van der Waals surface area contributed by atoms with Crippen LogP contribution in [-0.2, 0) is 0 Å². The van der Waals surface area contributed by atoms with E-state index in [0.29, 0.717) is 11.8 Å². The summed E-state index contributed by atoms with van der Waals surface area (Å²) in [4.78, 5) is 4.79. The van der Waals surface area contributed by atoms with E-state index in [-0.39, 0.29) is 6.61 Å². The fraction of sp³-hybridized carbons (Fsp3) is 0.435. The first-order chi connectivity index (χ1) is 13.2. The minimum atomic E-state index is -0.481. The molecular weight excluding hydrogens is 339 g/mol. The van der Waals surface area contributed by atoms with Crippen molar-refractivity contribution >= 4 is 11.4 Å². The van der Waals surface area contributed by atoms with Crippen LogP contribution in [0.1, 0.15) is 52.0 Å². The van der Waals surface area contributed by atoms with Crippen molar-refractivity contribution in [2.75, 3.05) is 13.3 Å². The van der Waals surface area contributed by atoms with Crippen molar-refractivity contribution in [1.29, 1.82) is 0 Å². The fourth-order valence-electron chi connectivity index (χ4n) is 2.58. The Kier molecular flexibility index (Phi) is 8.82. The van der Waals surface area contributed by atoms with Gasteiger partial charge in [-0.1, -0.05) is 25.5 Å². The molecule has 0 aliphatic heterocycles. The predicted octanol–water partition coefficient (Wildman–Crippen LogP) is 5.85. The third-order valence-electron chi connectivity index (χ3n) is 4.12. The van der Waals surface area contributed by atoms with Gasteiger partial charge in [-0.25, -0.2) is 4.39 Å². The van der Waals surface area contributed by atoms with Crippen molar-refractivity contribution in [3.63, 3.8) is 0 Å². The molecule has 0 aromatic heterocycles. The van der Waals surface area contributed by atoms with Gasteiger partial charge in [0.05, 0.1) is 11.8 Å². The molecule has 4 heteroatoms. The lowest BCUT2D eigenvalue weighted by molar-refractivity contribution is 0.273. The third-order valence-corrected chi connectivity index (χ3v) is 4.12. The van der Waals surface area contributed by atoms with Gasteiger partial charge in [0, 0.05) is 11.4 Å². The molecule has 1 aromatic rings. The van der Waals surface area contributed by atoms with Crippen LogP contribution < -0.4 is 10.1 Å². The second-order valence-electron chi connectivity index (χ2n) is 6.69. The highest BCUT2D eigenvalue weighted by molar-refractivity contribution is 6.04. The largest absolute Gasteiger partial charge is 0.491 e. The first kappa shape index (κ1) is 20.9. The van der Waals surface area contributed by atoms with Gasteiger partial charge in [-0.15, -0.1) is 0 Å². The second-order valence-corrected chi connectivity index (χ2v) is 6.69. The second kappa shape index (κ2) is 11.4. The van der Waals surface area contributed by atoms with Gasteiger partial charge in [-0.2, -0.15) is 0 Å². The Morgan fingerprint density at radius 2 is 2.04 bits per heavy atom. The van der Waals surface area contributed by atoms with Crippen LogP contribution in [0.3, 0.4) is 0 Å². The maximum Gasteiger partial charge on any atom is 0.123 e. The summed E-state index contributed by atoms with van der Waals surface area (Å²) in [5, 5.41) is 3.47. The van der Waals surface area contributed by atoms with Crippen LogP contribution in [-0.4, -0.2) is 25.0 Å². The van der Waals surface area contributed by atoms with Crippen molar-refractivity contribution in [3.05, 3.63) is 59.8 Å². The van der Waals surface area contributed by atoms with Crippen LogP contribution in [0.15, 0.2) is 59.3 Å². The van der Waals surface area contributed by atoms with Gasteiger partial charge in [0.1, 0.15) is 19.0 Å². The number of allylic oxidation sites excluding steroid dienone is 5. The summed E-state index contributed by atoms with van der Waals surface area (Å²) in [5.41, 5.74) is 4.15. The number of halogens is 1. The van der Waals surface area contributed by atoms with Gasteiger partial charge in [-0.3, -0.25) is 4.99 Å². The lowest BCUT2D eigenvalue weighted by Crippen LogP contribution is -2.11. The highest BCUT2D eigenvalue weighted by Gasteiger charge is 2.20. The summed E-state index contributed by atoms with van der Waals surface area (Å²) < 4.78 is 17.5. The number of nitrogens with zero attached hydrogens (tertiary/aromatic N) is 1. The van der Waals surface area contributed by atoms with Crippen LogP contribution in [0, 0.1) is 0 Å². The van der Waals surface area contributed by atoms with Gasteiger partial charge >= 0.3 is 0 Å². The minimum Gasteiger partial charge on any atom is -0.491 e. The number of hydrogen-bond donors (Lipinski definition) is 1. The van der Waals surface area contributed by atoms with Crippen LogP contribution >= 0.6 is 0 Å².